The van der Waals surface area contributed by atoms with Crippen LogP contribution in [-0.4, -0.2) is 35.9 Å². The van der Waals surface area contributed by atoms with Gasteiger partial charge in [0, 0.05) is 22.8 Å². The molecule has 2 fully saturated rings. The first-order valence-corrected chi connectivity index (χ1v) is 8.92. The molecule has 0 aromatic carbocycles. The Hall–Kier alpha value is -0.530. The quantitative estimate of drug-likeness (QED) is 0.704. The number of nitrogens with one attached hydrogen (secondary N) is 1. The second-order valence-corrected chi connectivity index (χ2v) is 7.51. The van der Waals surface area contributed by atoms with E-state index >= 15 is 0 Å². The molecular formula is C16H25BrF3N3. The van der Waals surface area contributed by atoms with Gasteiger partial charge in [0.1, 0.15) is 0 Å². The molecule has 1 atom stereocenters. The molecule has 1 saturated heterocycles. The molecule has 3 rings (SSSR count). The van der Waals surface area contributed by atoms with Crippen LogP contribution in [0.5, 0.6) is 0 Å². The topological polar surface area (TPSA) is 41.3 Å². The number of hydrogen-bond donors (Lipinski definition) is 2. The summed E-state index contributed by atoms with van der Waals surface area (Å²) in [5.74, 6) is 0. The highest BCUT2D eigenvalue weighted by Gasteiger charge is 2.41. The summed E-state index contributed by atoms with van der Waals surface area (Å²) in [7, 11) is 0. The summed E-state index contributed by atoms with van der Waals surface area (Å²) >= 11 is 3.01. The van der Waals surface area contributed by atoms with Crippen LogP contribution in [-0.2, 0) is 0 Å². The molecule has 7 heteroatoms. The Bertz CT molecular complexity index is 464. The number of allylic oxidation sites excluding steroid dienone is 2. The van der Waals surface area contributed by atoms with Gasteiger partial charge in [0.2, 0.25) is 0 Å². The lowest BCUT2D eigenvalue weighted by Gasteiger charge is -2.48. The molecule has 23 heavy (non-hydrogen) atoms. The van der Waals surface area contributed by atoms with Crippen LogP contribution in [0.3, 0.4) is 0 Å². The lowest BCUT2D eigenvalue weighted by atomic mass is 9.77. The molecular weight excluding hydrogens is 371 g/mol. The molecule has 2 heterocycles. The van der Waals surface area contributed by atoms with Gasteiger partial charge in [-0.1, -0.05) is 6.08 Å². The Morgan fingerprint density at radius 1 is 1.30 bits per heavy atom. The monoisotopic (exact) mass is 395 g/mol. The van der Waals surface area contributed by atoms with Gasteiger partial charge in [-0.25, -0.2) is 0 Å². The van der Waals surface area contributed by atoms with Gasteiger partial charge in [0.05, 0.1) is 11.7 Å². The second-order valence-electron chi connectivity index (χ2n) is 6.65. The summed E-state index contributed by atoms with van der Waals surface area (Å²) in [4.78, 5) is 2.00. The van der Waals surface area contributed by atoms with Crippen molar-refractivity contribution in [2.24, 2.45) is 5.73 Å². The average molecular weight is 396 g/mol. The molecule has 0 spiro atoms. The maximum absolute atomic E-state index is 12.6. The fourth-order valence-corrected chi connectivity index (χ4v) is 3.66. The van der Waals surface area contributed by atoms with Crippen molar-refractivity contribution in [3.8, 4) is 0 Å². The smallest absolute Gasteiger partial charge is 0.367 e. The molecule has 0 aromatic rings. The largest absolute Gasteiger partial charge is 0.417 e. The van der Waals surface area contributed by atoms with Gasteiger partial charge in [-0.2, -0.15) is 13.2 Å². The van der Waals surface area contributed by atoms with E-state index in [4.69, 9.17) is 5.73 Å². The fraction of sp³-hybridized carbons (Fsp3) is 0.750. The Labute approximate surface area is 144 Å². The summed E-state index contributed by atoms with van der Waals surface area (Å²) in [5.41, 5.74) is 5.01. The summed E-state index contributed by atoms with van der Waals surface area (Å²) in [6, 6.07) is 0. The van der Waals surface area contributed by atoms with Gasteiger partial charge in [0.25, 0.3) is 0 Å². The number of piperidine rings is 1. The molecule has 0 radical (unpaired) electrons. The summed E-state index contributed by atoms with van der Waals surface area (Å²) < 4.78 is 37.8. The third kappa shape index (κ3) is 4.97. The number of rotatable bonds is 1. The van der Waals surface area contributed by atoms with Crippen LogP contribution in [0, 0.1) is 0 Å². The molecule has 2 aliphatic heterocycles. The Morgan fingerprint density at radius 3 is 2.35 bits per heavy atom. The van der Waals surface area contributed by atoms with Crippen molar-refractivity contribution in [1.29, 1.82) is 0 Å². The minimum absolute atomic E-state index is 0.0483. The first-order chi connectivity index (χ1) is 10.7. The predicted octanol–water partition coefficient (Wildman–Crippen LogP) is 4.01. The normalized spacial score (nSPS) is 27.2. The first-order valence-electron chi connectivity index (χ1n) is 8.13. The van der Waals surface area contributed by atoms with Gasteiger partial charge in [-0.05, 0) is 67.9 Å². The van der Waals surface area contributed by atoms with Gasteiger partial charge >= 0.3 is 6.18 Å². The minimum Gasteiger partial charge on any atom is -0.367 e. The maximum Gasteiger partial charge on any atom is 0.417 e. The Kier molecular flexibility index (Phi) is 6.19. The van der Waals surface area contributed by atoms with E-state index in [1.54, 1.807) is 6.20 Å². The summed E-state index contributed by atoms with van der Waals surface area (Å²) in [6.45, 7) is 3.56. The highest BCUT2D eigenvalue weighted by atomic mass is 79.9. The van der Waals surface area contributed by atoms with Crippen molar-refractivity contribution < 1.29 is 13.2 Å². The SMILES string of the molecule is CC1(N2C=C(Br)C(C(F)(F)F)=CC2)CCC1.NC1CCCCN1. The molecule has 3 N–H and O–H groups in total. The molecule has 0 aromatic heterocycles. The minimum atomic E-state index is -4.26. The maximum atomic E-state index is 12.6. The van der Waals surface area contributed by atoms with Crippen molar-refractivity contribution in [3.05, 3.63) is 22.3 Å². The van der Waals surface area contributed by atoms with Crippen molar-refractivity contribution >= 4 is 15.9 Å². The first kappa shape index (κ1) is 18.8. The number of nitrogens with zero attached hydrogens (tertiary/aromatic N) is 1. The standard InChI is InChI=1S/C11H13BrF3N.C5H12N2/c1-10(4-2-5-10)16-6-3-8(9(12)7-16)11(13,14)15;6-5-3-1-2-4-7-5/h3,7H,2,4-6H2,1H3;5,7H,1-4,6H2. The van der Waals surface area contributed by atoms with Crippen LogP contribution in [0.2, 0.25) is 0 Å². The molecule has 0 bridgehead atoms. The van der Waals surface area contributed by atoms with Gasteiger partial charge in [-0.15, -0.1) is 0 Å². The zero-order chi connectivity index (χ0) is 17.1. The van der Waals surface area contributed by atoms with Crippen molar-refractivity contribution in [2.45, 2.75) is 63.3 Å². The van der Waals surface area contributed by atoms with Crippen LogP contribution in [0.25, 0.3) is 0 Å². The van der Waals surface area contributed by atoms with Gasteiger partial charge in [-0.3, -0.25) is 0 Å². The third-order valence-electron chi connectivity index (χ3n) is 4.80. The van der Waals surface area contributed by atoms with Crippen LogP contribution in [0.15, 0.2) is 22.3 Å². The predicted molar refractivity (Wildman–Crippen MR) is 89.9 cm³/mol. The van der Waals surface area contributed by atoms with Crippen LogP contribution >= 0.6 is 15.9 Å². The number of nitrogens with two attached hydrogens (primary N) is 1. The third-order valence-corrected chi connectivity index (χ3v) is 5.43. The fourth-order valence-electron chi connectivity index (χ4n) is 3.03. The Balaban J connectivity index is 0.000000229. The molecule has 0 amide bonds. The van der Waals surface area contributed by atoms with E-state index in [-0.39, 0.29) is 16.2 Å². The zero-order valence-corrected chi connectivity index (χ0v) is 15.0. The summed E-state index contributed by atoms with van der Waals surface area (Å²) in [6.07, 6.45) is 5.89. The molecule has 132 valence electrons. The van der Waals surface area contributed by atoms with E-state index < -0.39 is 11.7 Å². The van der Waals surface area contributed by atoms with E-state index in [1.807, 2.05) is 4.90 Å². The van der Waals surface area contributed by atoms with Gasteiger partial charge < -0.3 is 16.0 Å². The van der Waals surface area contributed by atoms with Crippen molar-refractivity contribution in [1.82, 2.24) is 10.2 Å². The van der Waals surface area contributed by atoms with Crippen LogP contribution in [0.4, 0.5) is 13.2 Å². The molecule has 3 aliphatic rings. The van der Waals surface area contributed by atoms with Crippen LogP contribution < -0.4 is 11.1 Å². The Morgan fingerprint density at radius 2 is 2.00 bits per heavy atom. The van der Waals surface area contributed by atoms with E-state index in [2.05, 4.69) is 28.2 Å². The number of hydrogen-bond acceptors (Lipinski definition) is 3. The lowest BCUT2D eigenvalue weighted by molar-refractivity contribution is -0.0896. The van der Waals surface area contributed by atoms with Crippen molar-refractivity contribution in [2.75, 3.05) is 13.1 Å². The molecule has 1 saturated carbocycles. The molecule has 1 unspecified atom stereocenters. The van der Waals surface area contributed by atoms with E-state index in [9.17, 15) is 13.2 Å². The van der Waals surface area contributed by atoms with Crippen molar-refractivity contribution in [3.63, 3.8) is 0 Å². The molecule has 3 nitrogen and oxygen atoms in total. The summed E-state index contributed by atoms with van der Waals surface area (Å²) in [5, 5.41) is 3.16. The zero-order valence-electron chi connectivity index (χ0n) is 13.4. The highest BCUT2D eigenvalue weighted by Crippen LogP contribution is 2.42. The molecule has 1 aliphatic carbocycles. The highest BCUT2D eigenvalue weighted by molar-refractivity contribution is 9.12. The number of halogens is 4. The van der Waals surface area contributed by atoms with Crippen LogP contribution in [0.1, 0.15) is 45.4 Å². The van der Waals surface area contributed by atoms with E-state index in [1.165, 1.54) is 18.9 Å². The van der Waals surface area contributed by atoms with E-state index in [0.29, 0.717) is 6.54 Å². The number of alkyl halides is 3. The van der Waals surface area contributed by atoms with E-state index in [0.717, 1.165) is 32.2 Å². The average Bonchev–Trinajstić information content (AvgIpc) is 2.45. The van der Waals surface area contributed by atoms with Gasteiger partial charge in [0.15, 0.2) is 0 Å². The second kappa shape index (κ2) is 7.57. The lowest BCUT2D eigenvalue weighted by Crippen LogP contribution is -2.49.